The molecule has 8 rings (SSSR count). The molecule has 12 amide bonds. The molecule has 3 N–H and O–H groups in total. The Morgan fingerprint density at radius 3 is 1.82 bits per heavy atom. The first-order valence-corrected chi connectivity index (χ1v) is 38.7. The number of nitrogens with one attached hydrogen (secondary N) is 3. The number of morpholine rings is 1. The molecule has 6 aliphatic rings. The van der Waals surface area contributed by atoms with Crippen LogP contribution in [-0.2, 0) is 92.2 Å². The van der Waals surface area contributed by atoms with E-state index in [9.17, 15) is 58.7 Å². The van der Waals surface area contributed by atoms with Gasteiger partial charge in [0, 0.05) is 81.3 Å². The average molecular weight is 1630 g/mol. The van der Waals surface area contributed by atoms with E-state index in [0.717, 1.165) is 70.5 Å². The van der Waals surface area contributed by atoms with Crippen LogP contribution in [0.25, 0.3) is 0 Å². The highest BCUT2D eigenvalue weighted by molar-refractivity contribution is 6.01. The third kappa shape index (κ3) is 22.2. The standard InChI is InChI=1S/C77H105F11N12O14/c1-11-45(4)63-71(110)93(6)43-61(103)94(7)54-19-14-15-29-99(70(54)109)58(38-46-20-23-49(24-21-46)76(83,84)85)68(107)92(5)42-59(101)89-53(25-22-47-36-51(78)62(52(79)37-47)77(86,87)88)67(106)100-41-50(114-32-28-75(80,81)82)39-56(100)66(105)91-74(26-16-27-74)73(112)97(10)64(48-17-12-13-18-48)72(111)96(9)57(69(108)98-30-33-113-34-31-98)40-60(102)95(8)55(35-44(2)3)65(104)90-63/h20-21,23-24,36-37,44-45,48,50,53-58,63-64H,11-19,22,25-35,38-43H2,1-10H3,(H,89,101)(H,90,104)(H,91,105)/t45?,50-,53+,54+,55+,56+,57+,58+,63+,64+/m1/s1. The highest BCUT2D eigenvalue weighted by Crippen LogP contribution is 2.40. The summed E-state index contributed by atoms with van der Waals surface area (Å²) >= 11 is 0. The number of hydrogen-bond donors (Lipinski definition) is 3. The number of alkyl halides is 9. The zero-order valence-electron chi connectivity index (χ0n) is 65.9. The summed E-state index contributed by atoms with van der Waals surface area (Å²) in [6.45, 7) is 3.58. The lowest BCUT2D eigenvalue weighted by Crippen LogP contribution is -2.68. The second-order valence-corrected chi connectivity index (χ2v) is 31.5. The maximum absolute atomic E-state index is 15.7. The van der Waals surface area contributed by atoms with Gasteiger partial charge in [0.2, 0.25) is 70.9 Å². The molecule has 2 aliphatic carbocycles. The zero-order valence-corrected chi connectivity index (χ0v) is 65.9. The van der Waals surface area contributed by atoms with Gasteiger partial charge in [-0.15, -0.1) is 0 Å². The smallest absolute Gasteiger partial charge is 0.378 e. The molecule has 10 atom stereocenters. The number of nitrogens with zero attached hydrogens (tertiary/aromatic N) is 9. The molecule has 6 fully saturated rings. The highest BCUT2D eigenvalue weighted by atomic mass is 19.4. The lowest BCUT2D eigenvalue weighted by atomic mass is 9.74. The highest BCUT2D eigenvalue weighted by Gasteiger charge is 2.54. The minimum Gasteiger partial charge on any atom is -0.378 e. The van der Waals surface area contributed by atoms with Crippen LogP contribution < -0.4 is 16.0 Å². The van der Waals surface area contributed by atoms with Crippen molar-refractivity contribution in [3.05, 3.63) is 70.3 Å². The summed E-state index contributed by atoms with van der Waals surface area (Å²) in [7, 11) is 7.59. The Hall–Kier alpha value is -8.77. The predicted molar refractivity (Wildman–Crippen MR) is 388 cm³/mol. The molecule has 634 valence electrons. The van der Waals surface area contributed by atoms with Gasteiger partial charge in [0.05, 0.1) is 57.4 Å². The third-order valence-corrected chi connectivity index (χ3v) is 23.0. The summed E-state index contributed by atoms with van der Waals surface area (Å²) in [5.74, 6) is -16.6. The van der Waals surface area contributed by atoms with Gasteiger partial charge in [-0.3, -0.25) is 57.5 Å². The number of fused-ring (bicyclic) bond motifs is 3. The van der Waals surface area contributed by atoms with E-state index in [-0.39, 0.29) is 89.3 Å². The molecule has 4 saturated heterocycles. The van der Waals surface area contributed by atoms with Gasteiger partial charge in [0.1, 0.15) is 71.1 Å². The van der Waals surface area contributed by atoms with Crippen LogP contribution in [-0.4, -0.2) is 283 Å². The van der Waals surface area contributed by atoms with Crippen LogP contribution in [0.1, 0.15) is 153 Å². The second-order valence-electron chi connectivity index (χ2n) is 31.5. The van der Waals surface area contributed by atoms with Gasteiger partial charge in [-0.05, 0) is 124 Å². The third-order valence-electron chi connectivity index (χ3n) is 23.0. The molecule has 2 saturated carbocycles. The fourth-order valence-electron chi connectivity index (χ4n) is 16.0. The van der Waals surface area contributed by atoms with Gasteiger partial charge in [-0.2, -0.15) is 39.5 Å². The van der Waals surface area contributed by atoms with Crippen molar-refractivity contribution in [1.29, 1.82) is 0 Å². The summed E-state index contributed by atoms with van der Waals surface area (Å²) in [5, 5.41) is 8.02. The first-order valence-electron chi connectivity index (χ1n) is 38.7. The van der Waals surface area contributed by atoms with Gasteiger partial charge in [-0.1, -0.05) is 59.1 Å². The number of hydrogen-bond acceptors (Lipinski definition) is 14. The van der Waals surface area contributed by atoms with Gasteiger partial charge in [-0.25, -0.2) is 8.78 Å². The van der Waals surface area contributed by atoms with Gasteiger partial charge >= 0.3 is 18.5 Å². The lowest BCUT2D eigenvalue weighted by Gasteiger charge is -2.47. The van der Waals surface area contributed by atoms with Crippen LogP contribution in [0.2, 0.25) is 0 Å². The molecule has 4 heterocycles. The van der Waals surface area contributed by atoms with Crippen molar-refractivity contribution < 1.29 is 115 Å². The van der Waals surface area contributed by atoms with Crippen LogP contribution in [0.3, 0.4) is 0 Å². The normalized spacial score (nSPS) is 26.1. The lowest BCUT2D eigenvalue weighted by molar-refractivity contribution is -0.159. The Morgan fingerprint density at radius 2 is 1.25 bits per heavy atom. The number of halogens is 11. The number of carbonyl (C=O) groups excluding carboxylic acids is 12. The molecule has 37 heteroatoms. The molecule has 1 unspecified atom stereocenters. The molecule has 2 aromatic rings. The molecule has 2 aromatic carbocycles. The summed E-state index contributed by atoms with van der Waals surface area (Å²) < 4.78 is 166. The Morgan fingerprint density at radius 1 is 0.632 bits per heavy atom. The van der Waals surface area contributed by atoms with Crippen LogP contribution >= 0.6 is 0 Å². The summed E-state index contributed by atoms with van der Waals surface area (Å²) in [5.41, 5.74) is -5.66. The molecule has 0 aromatic heterocycles. The van der Waals surface area contributed by atoms with E-state index in [0.29, 0.717) is 44.2 Å². The molecule has 2 bridgehead atoms. The number of ether oxygens (including phenoxy) is 2. The Labute approximate surface area is 655 Å². The molecular formula is C77H105F11N12O14. The number of aryl methyl sites for hydroxylation is 1. The van der Waals surface area contributed by atoms with E-state index in [1.54, 1.807) is 27.7 Å². The number of amides is 12. The largest absolute Gasteiger partial charge is 0.422 e. The molecule has 114 heavy (non-hydrogen) atoms. The van der Waals surface area contributed by atoms with Gasteiger partial charge in [0.15, 0.2) is 0 Å². The fourth-order valence-corrected chi connectivity index (χ4v) is 16.0. The van der Waals surface area contributed by atoms with E-state index >= 15 is 47.1 Å². The molecular weight excluding hydrogens is 1530 g/mol. The van der Waals surface area contributed by atoms with Crippen molar-refractivity contribution in [3.8, 4) is 0 Å². The van der Waals surface area contributed by atoms with Crippen molar-refractivity contribution in [3.63, 3.8) is 0 Å². The van der Waals surface area contributed by atoms with E-state index in [4.69, 9.17) is 9.47 Å². The number of rotatable bonds is 14. The quantitative estimate of drug-likeness (QED) is 0.176. The maximum atomic E-state index is 15.7. The average Bonchev–Trinajstić information content (AvgIpc) is 1.17. The van der Waals surface area contributed by atoms with E-state index in [1.165, 1.54) is 40.1 Å². The van der Waals surface area contributed by atoms with E-state index in [2.05, 4.69) is 16.0 Å². The van der Waals surface area contributed by atoms with Gasteiger partial charge in [0.25, 0.3) is 0 Å². The minimum atomic E-state index is -5.53. The summed E-state index contributed by atoms with van der Waals surface area (Å²) in [6.07, 6.45) is -18.7. The van der Waals surface area contributed by atoms with Crippen LogP contribution in [0.5, 0.6) is 0 Å². The monoisotopic (exact) mass is 1630 g/mol. The van der Waals surface area contributed by atoms with Gasteiger partial charge < -0.3 is 69.5 Å². The van der Waals surface area contributed by atoms with Crippen molar-refractivity contribution >= 4 is 70.9 Å². The van der Waals surface area contributed by atoms with Crippen molar-refractivity contribution in [2.75, 3.05) is 101 Å². The van der Waals surface area contributed by atoms with Crippen molar-refractivity contribution in [2.45, 2.75) is 222 Å². The Kier molecular flexibility index (Phi) is 30.5. The second kappa shape index (κ2) is 38.3. The van der Waals surface area contributed by atoms with Crippen molar-refractivity contribution in [2.24, 2.45) is 17.8 Å². The first-order chi connectivity index (χ1) is 53.4. The zero-order chi connectivity index (χ0) is 84.4. The number of carbonyl (C=O) groups is 12. The topological polar surface area (TPSA) is 289 Å². The summed E-state index contributed by atoms with van der Waals surface area (Å²) in [6, 6.07) is -8.36. The van der Waals surface area contributed by atoms with Crippen molar-refractivity contribution in [1.82, 2.24) is 60.0 Å². The number of likely N-dealkylation sites (N-methyl/N-ethyl adjacent to an activating group) is 6. The van der Waals surface area contributed by atoms with E-state index in [1.807, 2.05) is 0 Å². The van der Waals surface area contributed by atoms with Crippen LogP contribution in [0, 0.1) is 29.4 Å². The van der Waals surface area contributed by atoms with E-state index < -0.39 is 254 Å². The fraction of sp³-hybridized carbons (Fsp3) is 0.688. The van der Waals surface area contributed by atoms with Crippen LogP contribution in [0.15, 0.2) is 36.4 Å². The maximum Gasteiger partial charge on any atom is 0.422 e. The summed E-state index contributed by atoms with van der Waals surface area (Å²) in [4.78, 5) is 192. The predicted octanol–water partition coefficient (Wildman–Crippen LogP) is 6.28. The molecule has 4 aliphatic heterocycles. The van der Waals surface area contributed by atoms with Crippen LogP contribution in [0.4, 0.5) is 48.3 Å². The Bertz CT molecular complexity index is 3790. The number of benzene rings is 2. The molecule has 0 radical (unpaired) electrons. The Balaban J connectivity index is 1.24. The minimum absolute atomic E-state index is 0.00234. The molecule has 26 nitrogen and oxygen atoms in total. The first kappa shape index (κ1) is 90.8. The molecule has 1 spiro atoms. The SMILES string of the molecule is CCC(C)[C@@H]1NC(=O)[C@H](CC(C)C)N(C)C(=O)C[C@@H](C(=O)N2CCOCC2)N(C)C(=O)[C@H](C2CCCC2)N(C)C(=O)C2(CCC2)NC(=O)[C@@H]2C[C@@H](OCCC(F)(F)F)CN2C(=O)[C@H](CCc2cc(F)c(C(F)(F)F)c(F)c2)NC(=O)CN(C)C(=O)[C@H](Cc2ccc(C(F)(F)F)cc2)N2CCCC[C@@H](C2=O)N(C)C(=O)CN(C)C1=O.